The molecule has 26 heavy (non-hydrogen) atoms. The maximum Gasteiger partial charge on any atom is 0.326 e. The first-order valence-electron chi connectivity index (χ1n) is 8.42. The van der Waals surface area contributed by atoms with Crippen LogP contribution in [0.2, 0.25) is 0 Å². The summed E-state index contributed by atoms with van der Waals surface area (Å²) < 4.78 is 1.46. The Morgan fingerprint density at radius 3 is 2.58 bits per heavy atom. The number of carboxylic acid groups (broad SMARTS) is 1. The van der Waals surface area contributed by atoms with Crippen LogP contribution < -0.4 is 21.9 Å². The number of nitrogens with two attached hydrogens (primary N) is 1. The molecule has 0 aliphatic rings. The molecule has 0 aliphatic carbocycles. The van der Waals surface area contributed by atoms with Crippen LogP contribution >= 0.6 is 0 Å². The third-order valence-electron chi connectivity index (χ3n) is 3.53. The average Bonchev–Trinajstić information content (AvgIpc) is 2.50. The molecule has 1 atom stereocenters. The SMILES string of the molecule is C=C(N)NCCCC(NC(=O)c1cccn(CC(C)(C)C)c1=O)C(=O)O. The zero-order valence-corrected chi connectivity index (χ0v) is 15.5. The van der Waals surface area contributed by atoms with Crippen LogP contribution in [-0.4, -0.2) is 34.1 Å². The topological polar surface area (TPSA) is 126 Å². The fraction of sp³-hybridized carbons (Fsp3) is 0.500. The number of rotatable bonds is 9. The first-order valence-corrected chi connectivity index (χ1v) is 8.42. The van der Waals surface area contributed by atoms with Crippen molar-refractivity contribution in [2.45, 2.75) is 46.2 Å². The predicted molar refractivity (Wildman–Crippen MR) is 99.6 cm³/mol. The van der Waals surface area contributed by atoms with Crippen molar-refractivity contribution in [1.82, 2.24) is 15.2 Å². The van der Waals surface area contributed by atoms with Crippen molar-refractivity contribution in [1.29, 1.82) is 0 Å². The first kappa shape index (κ1) is 21.3. The van der Waals surface area contributed by atoms with Crippen molar-refractivity contribution in [2.75, 3.05) is 6.54 Å². The van der Waals surface area contributed by atoms with E-state index in [1.54, 1.807) is 12.3 Å². The summed E-state index contributed by atoms with van der Waals surface area (Å²) in [5, 5.41) is 14.5. The lowest BCUT2D eigenvalue weighted by Gasteiger charge is -2.20. The molecule has 0 aromatic carbocycles. The van der Waals surface area contributed by atoms with Gasteiger partial charge in [-0.25, -0.2) is 4.79 Å². The van der Waals surface area contributed by atoms with E-state index < -0.39 is 23.5 Å². The van der Waals surface area contributed by atoms with Crippen molar-refractivity contribution < 1.29 is 14.7 Å². The molecule has 0 aliphatic heterocycles. The molecule has 0 bridgehead atoms. The molecular weight excluding hydrogens is 336 g/mol. The molecule has 0 radical (unpaired) electrons. The highest BCUT2D eigenvalue weighted by atomic mass is 16.4. The molecule has 1 heterocycles. The van der Waals surface area contributed by atoms with Gasteiger partial charge in [-0.05, 0) is 30.4 Å². The molecule has 1 amide bonds. The van der Waals surface area contributed by atoms with Gasteiger partial charge < -0.3 is 26.0 Å². The second kappa shape index (κ2) is 9.07. The van der Waals surface area contributed by atoms with Crippen molar-refractivity contribution in [3.63, 3.8) is 0 Å². The highest BCUT2D eigenvalue weighted by molar-refractivity contribution is 5.96. The van der Waals surface area contributed by atoms with Crippen molar-refractivity contribution >= 4 is 11.9 Å². The number of aromatic nitrogens is 1. The number of carbonyl (C=O) groups excluding carboxylic acids is 1. The molecular formula is C18H28N4O4. The fourth-order valence-electron chi connectivity index (χ4n) is 2.39. The summed E-state index contributed by atoms with van der Waals surface area (Å²) in [6, 6.07) is 1.91. The Morgan fingerprint density at radius 1 is 1.38 bits per heavy atom. The average molecular weight is 364 g/mol. The molecule has 8 nitrogen and oxygen atoms in total. The summed E-state index contributed by atoms with van der Waals surface area (Å²) in [6.45, 7) is 10.3. The van der Waals surface area contributed by atoms with E-state index in [0.717, 1.165) is 0 Å². The number of hydrogen-bond donors (Lipinski definition) is 4. The number of pyridine rings is 1. The Balaban J connectivity index is 2.84. The Labute approximate surface area is 153 Å². The van der Waals surface area contributed by atoms with Gasteiger partial charge in [0, 0.05) is 19.3 Å². The number of aliphatic carboxylic acids is 1. The number of nitrogens with zero attached hydrogens (tertiary/aromatic N) is 1. The van der Waals surface area contributed by atoms with Crippen molar-refractivity contribution in [3.8, 4) is 0 Å². The highest BCUT2D eigenvalue weighted by Gasteiger charge is 2.22. The monoisotopic (exact) mass is 364 g/mol. The predicted octanol–water partition coefficient (Wildman–Crippen LogP) is 0.877. The number of carboxylic acids is 1. The van der Waals surface area contributed by atoms with Gasteiger partial charge in [0.05, 0.1) is 5.82 Å². The van der Waals surface area contributed by atoms with Crippen LogP contribution in [0.25, 0.3) is 0 Å². The fourth-order valence-corrected chi connectivity index (χ4v) is 2.39. The lowest BCUT2D eigenvalue weighted by atomic mass is 9.97. The van der Waals surface area contributed by atoms with Crippen LogP contribution in [0.3, 0.4) is 0 Å². The summed E-state index contributed by atoms with van der Waals surface area (Å²) in [4.78, 5) is 36.3. The second-order valence-corrected chi connectivity index (χ2v) is 7.37. The van der Waals surface area contributed by atoms with Gasteiger partial charge in [0.2, 0.25) is 0 Å². The van der Waals surface area contributed by atoms with Crippen LogP contribution in [0.4, 0.5) is 0 Å². The molecule has 0 saturated heterocycles. The normalized spacial score (nSPS) is 12.3. The van der Waals surface area contributed by atoms with Crippen LogP contribution in [0.5, 0.6) is 0 Å². The lowest BCUT2D eigenvalue weighted by Crippen LogP contribution is -2.43. The minimum atomic E-state index is -1.16. The third kappa shape index (κ3) is 7.00. The van der Waals surface area contributed by atoms with Crippen LogP contribution in [0, 0.1) is 5.41 Å². The Hall–Kier alpha value is -2.77. The van der Waals surface area contributed by atoms with Gasteiger partial charge in [0.25, 0.3) is 11.5 Å². The largest absolute Gasteiger partial charge is 0.480 e. The molecule has 5 N–H and O–H groups in total. The van der Waals surface area contributed by atoms with E-state index in [2.05, 4.69) is 17.2 Å². The van der Waals surface area contributed by atoms with Gasteiger partial charge in [-0.3, -0.25) is 9.59 Å². The van der Waals surface area contributed by atoms with Crippen LogP contribution in [-0.2, 0) is 11.3 Å². The molecule has 0 fully saturated rings. The van der Waals surface area contributed by atoms with E-state index in [9.17, 15) is 19.5 Å². The van der Waals surface area contributed by atoms with E-state index in [4.69, 9.17) is 5.73 Å². The maximum atomic E-state index is 12.5. The molecule has 144 valence electrons. The number of amides is 1. The molecule has 1 unspecified atom stereocenters. The number of hydrogen-bond acceptors (Lipinski definition) is 5. The Kier molecular flexibility index (Phi) is 7.42. The molecule has 0 saturated carbocycles. The molecule has 1 aromatic rings. The molecule has 8 heteroatoms. The van der Waals surface area contributed by atoms with Gasteiger partial charge in [-0.2, -0.15) is 0 Å². The van der Waals surface area contributed by atoms with Gasteiger partial charge in [-0.15, -0.1) is 0 Å². The highest BCUT2D eigenvalue weighted by Crippen LogP contribution is 2.15. The standard InChI is InChI=1S/C18H28N4O4/c1-12(19)20-9-5-8-14(17(25)26)21-15(23)13-7-6-10-22(16(13)24)11-18(2,3)4/h6-7,10,14,20H,1,5,8-9,11,19H2,2-4H3,(H,21,23)(H,25,26). The second-order valence-electron chi connectivity index (χ2n) is 7.37. The van der Waals surface area contributed by atoms with Gasteiger partial charge in [-0.1, -0.05) is 27.4 Å². The Bertz CT molecular complexity index is 719. The van der Waals surface area contributed by atoms with Gasteiger partial charge in [0.1, 0.15) is 11.6 Å². The number of nitrogens with one attached hydrogen (secondary N) is 2. The zero-order chi connectivity index (χ0) is 19.9. The minimum absolute atomic E-state index is 0.0727. The maximum absolute atomic E-state index is 12.5. The molecule has 1 aromatic heterocycles. The van der Waals surface area contributed by atoms with Crippen LogP contribution in [0.1, 0.15) is 44.0 Å². The van der Waals surface area contributed by atoms with Gasteiger partial charge in [0.15, 0.2) is 0 Å². The van der Waals surface area contributed by atoms with E-state index in [-0.39, 0.29) is 17.4 Å². The van der Waals surface area contributed by atoms with E-state index in [1.165, 1.54) is 10.6 Å². The summed E-state index contributed by atoms with van der Waals surface area (Å²) in [6.07, 6.45) is 2.28. The number of carbonyl (C=O) groups is 2. The minimum Gasteiger partial charge on any atom is -0.480 e. The Morgan fingerprint density at radius 2 is 2.04 bits per heavy atom. The van der Waals surface area contributed by atoms with Crippen LogP contribution in [0.15, 0.2) is 35.5 Å². The third-order valence-corrected chi connectivity index (χ3v) is 3.53. The summed E-state index contributed by atoms with van der Waals surface area (Å²) in [5.41, 5.74) is 4.72. The summed E-state index contributed by atoms with van der Waals surface area (Å²) >= 11 is 0. The van der Waals surface area contributed by atoms with E-state index in [0.29, 0.717) is 25.3 Å². The summed E-state index contributed by atoms with van der Waals surface area (Å²) in [7, 11) is 0. The zero-order valence-electron chi connectivity index (χ0n) is 15.5. The lowest BCUT2D eigenvalue weighted by molar-refractivity contribution is -0.139. The molecule has 1 rings (SSSR count). The van der Waals surface area contributed by atoms with E-state index in [1.807, 2.05) is 20.8 Å². The molecule has 0 spiro atoms. The van der Waals surface area contributed by atoms with Crippen molar-refractivity contribution in [3.05, 3.63) is 46.6 Å². The van der Waals surface area contributed by atoms with Crippen molar-refractivity contribution in [2.24, 2.45) is 11.1 Å². The van der Waals surface area contributed by atoms with E-state index >= 15 is 0 Å². The summed E-state index contributed by atoms with van der Waals surface area (Å²) in [5.74, 6) is -1.55. The first-order chi connectivity index (χ1) is 12.0. The quantitative estimate of drug-likeness (QED) is 0.482. The smallest absolute Gasteiger partial charge is 0.326 e. The van der Waals surface area contributed by atoms with Gasteiger partial charge >= 0.3 is 5.97 Å².